The molecule has 1 aromatic carbocycles. The molecule has 3 heteroatoms. The maximum absolute atomic E-state index is 8.83. The second-order valence-electron chi connectivity index (χ2n) is 2.19. The summed E-state index contributed by atoms with van der Waals surface area (Å²) >= 11 is 5.89. The third-order valence-electron chi connectivity index (χ3n) is 1.52. The molecule has 11 heavy (non-hydrogen) atoms. The fourth-order valence-corrected chi connectivity index (χ4v) is 1.18. The van der Waals surface area contributed by atoms with E-state index >= 15 is 0 Å². The van der Waals surface area contributed by atoms with Crippen molar-refractivity contribution in [1.29, 1.82) is 0 Å². The number of hydrogen-bond acceptors (Lipinski definition) is 2. The summed E-state index contributed by atoms with van der Waals surface area (Å²) in [5.74, 6) is 0. The number of rotatable bonds is 2. The molecule has 0 aliphatic carbocycles. The van der Waals surface area contributed by atoms with Gasteiger partial charge in [-0.3, -0.25) is 0 Å². The lowest BCUT2D eigenvalue weighted by molar-refractivity contribution is 0.282. The average molecular weight is 172 g/mol. The van der Waals surface area contributed by atoms with Crippen molar-refractivity contribution in [3.05, 3.63) is 28.8 Å². The van der Waals surface area contributed by atoms with Gasteiger partial charge in [0.05, 0.1) is 17.3 Å². The monoisotopic (exact) mass is 171 g/mol. The van der Waals surface area contributed by atoms with Gasteiger partial charge in [0, 0.05) is 7.05 Å². The van der Waals surface area contributed by atoms with Gasteiger partial charge in [-0.2, -0.15) is 0 Å². The van der Waals surface area contributed by atoms with E-state index in [1.54, 1.807) is 13.1 Å². The SMILES string of the molecule is CNc1cccc(CO)c1Cl. The highest BCUT2D eigenvalue weighted by Gasteiger charge is 2.01. The fourth-order valence-electron chi connectivity index (χ4n) is 0.895. The van der Waals surface area contributed by atoms with Crippen molar-refractivity contribution >= 4 is 17.3 Å². The minimum atomic E-state index is -0.0195. The van der Waals surface area contributed by atoms with Crippen LogP contribution in [0.5, 0.6) is 0 Å². The second-order valence-corrected chi connectivity index (χ2v) is 2.56. The van der Waals surface area contributed by atoms with Crippen LogP contribution in [0.15, 0.2) is 18.2 Å². The van der Waals surface area contributed by atoms with Crippen LogP contribution in [0.4, 0.5) is 5.69 Å². The Bertz CT molecular complexity index is 228. The van der Waals surface area contributed by atoms with Crippen molar-refractivity contribution in [2.45, 2.75) is 6.61 Å². The molecule has 0 saturated heterocycles. The van der Waals surface area contributed by atoms with Crippen LogP contribution in [0.25, 0.3) is 0 Å². The van der Waals surface area contributed by atoms with E-state index in [0.717, 1.165) is 11.3 Å². The van der Waals surface area contributed by atoms with Crippen molar-refractivity contribution in [3.8, 4) is 0 Å². The molecule has 0 saturated carbocycles. The molecule has 1 rings (SSSR count). The van der Waals surface area contributed by atoms with E-state index < -0.39 is 0 Å². The Morgan fingerprint density at radius 3 is 2.82 bits per heavy atom. The second kappa shape index (κ2) is 3.60. The smallest absolute Gasteiger partial charge is 0.0697 e. The predicted molar refractivity (Wildman–Crippen MR) is 46.9 cm³/mol. The van der Waals surface area contributed by atoms with Crippen molar-refractivity contribution in [2.75, 3.05) is 12.4 Å². The van der Waals surface area contributed by atoms with Gasteiger partial charge >= 0.3 is 0 Å². The van der Waals surface area contributed by atoms with E-state index in [4.69, 9.17) is 16.7 Å². The topological polar surface area (TPSA) is 32.3 Å². The molecule has 2 N–H and O–H groups in total. The van der Waals surface area contributed by atoms with E-state index in [1.807, 2.05) is 12.1 Å². The first-order valence-corrected chi connectivity index (χ1v) is 3.73. The number of benzene rings is 1. The number of aliphatic hydroxyl groups excluding tert-OH is 1. The zero-order valence-electron chi connectivity index (χ0n) is 6.26. The first-order valence-electron chi connectivity index (χ1n) is 3.35. The minimum absolute atomic E-state index is 0.0195. The summed E-state index contributed by atoms with van der Waals surface area (Å²) in [6.07, 6.45) is 0. The molecule has 0 amide bonds. The summed E-state index contributed by atoms with van der Waals surface area (Å²) in [5.41, 5.74) is 1.59. The minimum Gasteiger partial charge on any atom is -0.392 e. The third-order valence-corrected chi connectivity index (χ3v) is 1.96. The van der Waals surface area contributed by atoms with Gasteiger partial charge in [-0.1, -0.05) is 23.7 Å². The lowest BCUT2D eigenvalue weighted by atomic mass is 10.2. The number of anilines is 1. The first-order chi connectivity index (χ1) is 5.29. The number of hydrogen-bond donors (Lipinski definition) is 2. The Labute approximate surface area is 70.8 Å². The van der Waals surface area contributed by atoms with Crippen LogP contribution in [0.1, 0.15) is 5.56 Å². The van der Waals surface area contributed by atoms with Crippen LogP contribution in [0, 0.1) is 0 Å². The highest BCUT2D eigenvalue weighted by atomic mass is 35.5. The van der Waals surface area contributed by atoms with Crippen molar-refractivity contribution in [2.24, 2.45) is 0 Å². The first kappa shape index (κ1) is 8.37. The van der Waals surface area contributed by atoms with E-state index in [0.29, 0.717) is 5.02 Å². The van der Waals surface area contributed by atoms with Gasteiger partial charge in [-0.05, 0) is 11.6 Å². The zero-order chi connectivity index (χ0) is 8.27. The lowest BCUT2D eigenvalue weighted by Gasteiger charge is -2.05. The molecule has 0 radical (unpaired) electrons. The van der Waals surface area contributed by atoms with Gasteiger partial charge in [0.1, 0.15) is 0 Å². The molecule has 0 aliphatic rings. The molecule has 2 nitrogen and oxygen atoms in total. The van der Waals surface area contributed by atoms with E-state index in [1.165, 1.54) is 0 Å². The van der Waals surface area contributed by atoms with E-state index in [2.05, 4.69) is 5.32 Å². The zero-order valence-corrected chi connectivity index (χ0v) is 7.02. The Morgan fingerprint density at radius 2 is 2.27 bits per heavy atom. The number of halogens is 1. The predicted octanol–water partition coefficient (Wildman–Crippen LogP) is 1.87. The van der Waals surface area contributed by atoms with Crippen LogP contribution in [0.3, 0.4) is 0 Å². The molecule has 0 atom stereocenters. The van der Waals surface area contributed by atoms with Gasteiger partial charge in [0.2, 0.25) is 0 Å². The normalized spacial score (nSPS) is 9.73. The number of aliphatic hydroxyl groups is 1. The summed E-state index contributed by atoms with van der Waals surface area (Å²) in [6.45, 7) is -0.0195. The van der Waals surface area contributed by atoms with E-state index in [9.17, 15) is 0 Å². The Kier molecular flexibility index (Phi) is 2.74. The summed E-state index contributed by atoms with van der Waals surface area (Å²) in [5, 5.41) is 12.3. The van der Waals surface area contributed by atoms with Crippen LogP contribution in [0.2, 0.25) is 5.02 Å². The highest BCUT2D eigenvalue weighted by Crippen LogP contribution is 2.24. The molecule has 0 spiro atoms. The third kappa shape index (κ3) is 1.64. The summed E-state index contributed by atoms with van der Waals surface area (Å²) in [7, 11) is 1.79. The average Bonchev–Trinajstić information content (AvgIpc) is 2.05. The van der Waals surface area contributed by atoms with Crippen molar-refractivity contribution in [1.82, 2.24) is 0 Å². The summed E-state index contributed by atoms with van der Waals surface area (Å²) in [4.78, 5) is 0. The van der Waals surface area contributed by atoms with Crippen LogP contribution in [-0.4, -0.2) is 12.2 Å². The van der Waals surface area contributed by atoms with Crippen LogP contribution >= 0.6 is 11.6 Å². The van der Waals surface area contributed by atoms with Gasteiger partial charge in [-0.15, -0.1) is 0 Å². The Hall–Kier alpha value is -0.730. The fraction of sp³-hybridized carbons (Fsp3) is 0.250. The van der Waals surface area contributed by atoms with Gasteiger partial charge in [0.15, 0.2) is 0 Å². The molecule has 0 bridgehead atoms. The van der Waals surface area contributed by atoms with Crippen molar-refractivity contribution in [3.63, 3.8) is 0 Å². The van der Waals surface area contributed by atoms with Gasteiger partial charge < -0.3 is 10.4 Å². The molecule has 0 unspecified atom stereocenters. The molecule has 0 fully saturated rings. The van der Waals surface area contributed by atoms with Gasteiger partial charge in [0.25, 0.3) is 0 Å². The summed E-state index contributed by atoms with van der Waals surface area (Å²) in [6, 6.07) is 5.51. The van der Waals surface area contributed by atoms with Crippen LogP contribution in [-0.2, 0) is 6.61 Å². The molecule has 1 aromatic rings. The maximum atomic E-state index is 8.83. The van der Waals surface area contributed by atoms with E-state index in [-0.39, 0.29) is 6.61 Å². The quantitative estimate of drug-likeness (QED) is 0.712. The lowest BCUT2D eigenvalue weighted by Crippen LogP contribution is -1.92. The van der Waals surface area contributed by atoms with Crippen LogP contribution < -0.4 is 5.32 Å². The van der Waals surface area contributed by atoms with Gasteiger partial charge in [-0.25, -0.2) is 0 Å². The highest BCUT2D eigenvalue weighted by molar-refractivity contribution is 6.34. The molecule has 0 heterocycles. The molecular formula is C8H10ClNO. The van der Waals surface area contributed by atoms with Crippen molar-refractivity contribution < 1.29 is 5.11 Å². The number of nitrogens with one attached hydrogen (secondary N) is 1. The summed E-state index contributed by atoms with van der Waals surface area (Å²) < 4.78 is 0. The largest absolute Gasteiger partial charge is 0.392 e. The Balaban J connectivity index is 3.10. The molecular weight excluding hydrogens is 162 g/mol. The standard InChI is InChI=1S/C8H10ClNO/c1-10-7-4-2-3-6(5-11)8(7)9/h2-4,10-11H,5H2,1H3. The molecule has 0 aliphatic heterocycles. The maximum Gasteiger partial charge on any atom is 0.0697 e. The molecule has 60 valence electrons. The molecule has 0 aromatic heterocycles. The Morgan fingerprint density at radius 1 is 1.55 bits per heavy atom.